The number of carbonyl (C=O) groups excluding carboxylic acids is 1. The number of allylic oxidation sites excluding steroid dienone is 1. The molecule has 0 saturated carbocycles. The Balaban J connectivity index is 2.78. The van der Waals surface area contributed by atoms with E-state index in [1.807, 2.05) is 0 Å². The summed E-state index contributed by atoms with van der Waals surface area (Å²) in [4.78, 5) is 11.2. The van der Waals surface area contributed by atoms with Crippen LogP contribution >= 0.6 is 11.6 Å². The number of benzene rings is 1. The SMILES string of the molecule is C/C=C\C(=O)Nc1ccc(OC(F)F)c(Cl)c1. The van der Waals surface area contributed by atoms with Crippen LogP contribution in [0.15, 0.2) is 30.4 Å². The van der Waals surface area contributed by atoms with Crippen molar-refractivity contribution in [2.75, 3.05) is 5.32 Å². The molecule has 17 heavy (non-hydrogen) atoms. The molecule has 0 aliphatic heterocycles. The molecule has 0 unspecified atom stereocenters. The molecule has 0 aliphatic rings. The topological polar surface area (TPSA) is 38.3 Å². The molecule has 1 amide bonds. The van der Waals surface area contributed by atoms with Crippen LogP contribution in [0.1, 0.15) is 6.92 Å². The fraction of sp³-hybridized carbons (Fsp3) is 0.182. The smallest absolute Gasteiger partial charge is 0.387 e. The van der Waals surface area contributed by atoms with E-state index in [0.29, 0.717) is 5.69 Å². The van der Waals surface area contributed by atoms with Crippen molar-refractivity contribution in [3.8, 4) is 5.75 Å². The minimum absolute atomic E-state index is 0.00331. The monoisotopic (exact) mass is 261 g/mol. The van der Waals surface area contributed by atoms with Crippen LogP contribution in [-0.2, 0) is 4.79 Å². The fourth-order valence-electron chi connectivity index (χ4n) is 1.11. The lowest BCUT2D eigenvalue weighted by Crippen LogP contribution is -2.08. The molecule has 0 radical (unpaired) electrons. The van der Waals surface area contributed by atoms with E-state index in [4.69, 9.17) is 11.6 Å². The molecule has 3 nitrogen and oxygen atoms in total. The van der Waals surface area contributed by atoms with Gasteiger partial charge in [-0.2, -0.15) is 8.78 Å². The number of halogens is 3. The highest BCUT2D eigenvalue weighted by atomic mass is 35.5. The molecule has 0 aromatic heterocycles. The number of hydrogen-bond acceptors (Lipinski definition) is 2. The lowest BCUT2D eigenvalue weighted by Gasteiger charge is -2.08. The van der Waals surface area contributed by atoms with Gasteiger partial charge in [-0.05, 0) is 31.2 Å². The third kappa shape index (κ3) is 4.40. The second kappa shape index (κ2) is 6.20. The lowest BCUT2D eigenvalue weighted by atomic mass is 10.3. The van der Waals surface area contributed by atoms with Crippen LogP contribution in [0.5, 0.6) is 5.75 Å². The molecule has 0 heterocycles. The molecule has 0 saturated heterocycles. The molecule has 1 rings (SSSR count). The Morgan fingerprint density at radius 1 is 1.53 bits per heavy atom. The van der Waals surface area contributed by atoms with E-state index in [0.717, 1.165) is 0 Å². The first-order chi connectivity index (χ1) is 8.02. The third-order valence-electron chi connectivity index (χ3n) is 1.73. The quantitative estimate of drug-likeness (QED) is 0.843. The maximum Gasteiger partial charge on any atom is 0.387 e. The van der Waals surface area contributed by atoms with Crippen molar-refractivity contribution < 1.29 is 18.3 Å². The largest absolute Gasteiger partial charge is 0.433 e. The summed E-state index contributed by atoms with van der Waals surface area (Å²) >= 11 is 5.71. The summed E-state index contributed by atoms with van der Waals surface area (Å²) in [6.07, 6.45) is 2.91. The van der Waals surface area contributed by atoms with Gasteiger partial charge in [0, 0.05) is 5.69 Å². The second-order valence-corrected chi connectivity index (χ2v) is 3.42. The fourth-order valence-corrected chi connectivity index (χ4v) is 1.33. The molecule has 1 aromatic rings. The Labute approximate surface area is 102 Å². The first-order valence-corrected chi connectivity index (χ1v) is 5.08. The predicted molar refractivity (Wildman–Crippen MR) is 61.5 cm³/mol. The number of nitrogens with one attached hydrogen (secondary N) is 1. The zero-order chi connectivity index (χ0) is 12.8. The summed E-state index contributed by atoms with van der Waals surface area (Å²) in [7, 11) is 0. The Morgan fingerprint density at radius 2 is 2.24 bits per heavy atom. The minimum atomic E-state index is -2.93. The Hall–Kier alpha value is -1.62. The van der Waals surface area contributed by atoms with Gasteiger partial charge >= 0.3 is 6.61 Å². The van der Waals surface area contributed by atoms with Gasteiger partial charge in [0.25, 0.3) is 0 Å². The van der Waals surface area contributed by atoms with Crippen LogP contribution in [-0.4, -0.2) is 12.5 Å². The van der Waals surface area contributed by atoms with E-state index >= 15 is 0 Å². The zero-order valence-corrected chi connectivity index (χ0v) is 9.67. The molecule has 0 spiro atoms. The highest BCUT2D eigenvalue weighted by Gasteiger charge is 2.09. The summed E-state index contributed by atoms with van der Waals surface area (Å²) in [6, 6.07) is 4.02. The number of carbonyl (C=O) groups is 1. The van der Waals surface area contributed by atoms with Crippen LogP contribution in [0.25, 0.3) is 0 Å². The van der Waals surface area contributed by atoms with Gasteiger partial charge in [0.1, 0.15) is 5.75 Å². The Morgan fingerprint density at radius 3 is 2.76 bits per heavy atom. The summed E-state index contributed by atoms with van der Waals surface area (Å²) in [5.41, 5.74) is 0.403. The van der Waals surface area contributed by atoms with Gasteiger partial charge < -0.3 is 10.1 Å². The third-order valence-corrected chi connectivity index (χ3v) is 2.03. The predicted octanol–water partition coefficient (Wildman–Crippen LogP) is 3.46. The van der Waals surface area contributed by atoms with Gasteiger partial charge in [-0.1, -0.05) is 17.7 Å². The minimum Gasteiger partial charge on any atom is -0.433 e. The van der Waals surface area contributed by atoms with Crippen molar-refractivity contribution in [1.82, 2.24) is 0 Å². The van der Waals surface area contributed by atoms with E-state index in [-0.39, 0.29) is 16.7 Å². The van der Waals surface area contributed by atoms with Crippen molar-refractivity contribution in [2.24, 2.45) is 0 Å². The normalized spacial score (nSPS) is 10.9. The van der Waals surface area contributed by atoms with Crippen molar-refractivity contribution in [3.05, 3.63) is 35.4 Å². The van der Waals surface area contributed by atoms with E-state index in [1.165, 1.54) is 24.3 Å². The highest BCUT2D eigenvalue weighted by Crippen LogP contribution is 2.28. The number of rotatable bonds is 4. The number of hydrogen-bond donors (Lipinski definition) is 1. The van der Waals surface area contributed by atoms with E-state index < -0.39 is 6.61 Å². The van der Waals surface area contributed by atoms with Crippen LogP contribution in [0, 0.1) is 0 Å². The Kier molecular flexibility index (Phi) is 4.90. The molecule has 0 bridgehead atoms. The van der Waals surface area contributed by atoms with Crippen molar-refractivity contribution in [2.45, 2.75) is 13.5 Å². The average molecular weight is 262 g/mol. The van der Waals surface area contributed by atoms with Gasteiger partial charge in [0.15, 0.2) is 0 Å². The lowest BCUT2D eigenvalue weighted by molar-refractivity contribution is -0.111. The second-order valence-electron chi connectivity index (χ2n) is 3.01. The van der Waals surface area contributed by atoms with Gasteiger partial charge in [-0.25, -0.2) is 0 Å². The van der Waals surface area contributed by atoms with Crippen LogP contribution in [0.2, 0.25) is 5.02 Å². The Bertz CT molecular complexity index is 435. The van der Waals surface area contributed by atoms with Gasteiger partial charge in [-0.3, -0.25) is 4.79 Å². The van der Waals surface area contributed by atoms with Crippen LogP contribution < -0.4 is 10.1 Å². The molecule has 0 aliphatic carbocycles. The molecular weight excluding hydrogens is 252 g/mol. The van der Waals surface area contributed by atoms with Crippen molar-refractivity contribution in [3.63, 3.8) is 0 Å². The van der Waals surface area contributed by atoms with Crippen LogP contribution in [0.3, 0.4) is 0 Å². The van der Waals surface area contributed by atoms with Gasteiger partial charge in [0.05, 0.1) is 5.02 Å². The maximum absolute atomic E-state index is 12.0. The molecule has 1 N–H and O–H groups in total. The summed E-state index contributed by atoms with van der Waals surface area (Å²) < 4.78 is 28.1. The number of amides is 1. The van der Waals surface area contributed by atoms with Crippen LogP contribution in [0.4, 0.5) is 14.5 Å². The standard InChI is InChI=1S/C11H10ClF2NO2/c1-2-3-10(16)15-7-4-5-9(8(12)6-7)17-11(13)14/h2-6,11H,1H3,(H,15,16)/b3-2-. The molecule has 0 fully saturated rings. The zero-order valence-electron chi connectivity index (χ0n) is 8.91. The van der Waals surface area contributed by atoms with E-state index in [2.05, 4.69) is 10.1 Å². The molecule has 6 heteroatoms. The molecule has 92 valence electrons. The van der Waals surface area contributed by atoms with Crippen molar-refractivity contribution >= 4 is 23.2 Å². The van der Waals surface area contributed by atoms with Gasteiger partial charge in [0.2, 0.25) is 5.91 Å². The molecular formula is C11H10ClF2NO2. The van der Waals surface area contributed by atoms with Crippen molar-refractivity contribution in [1.29, 1.82) is 0 Å². The first-order valence-electron chi connectivity index (χ1n) is 4.71. The number of alkyl halides is 2. The highest BCUT2D eigenvalue weighted by molar-refractivity contribution is 6.32. The van der Waals surface area contributed by atoms with E-state index in [1.54, 1.807) is 13.0 Å². The molecule has 1 aromatic carbocycles. The van der Waals surface area contributed by atoms with E-state index in [9.17, 15) is 13.6 Å². The molecule has 0 atom stereocenters. The summed E-state index contributed by atoms with van der Waals surface area (Å²) in [5.74, 6) is -0.461. The number of ether oxygens (including phenoxy) is 1. The first kappa shape index (κ1) is 13.4. The summed E-state index contributed by atoms with van der Waals surface area (Å²) in [5, 5.41) is 2.51. The maximum atomic E-state index is 12.0. The average Bonchev–Trinajstić information content (AvgIpc) is 2.22. The summed E-state index contributed by atoms with van der Waals surface area (Å²) in [6.45, 7) is -1.23. The number of anilines is 1. The van der Waals surface area contributed by atoms with Gasteiger partial charge in [-0.15, -0.1) is 0 Å².